The fraction of sp³-hybridized carbons (Fsp3) is 0.567. The molecular weight excluding hydrogens is 508 g/mol. The first-order valence-corrected chi connectivity index (χ1v) is 14.7. The number of hydrogen-bond acceptors (Lipinski definition) is 9. The van der Waals surface area contributed by atoms with Gasteiger partial charge in [0.1, 0.15) is 11.6 Å². The predicted octanol–water partition coefficient (Wildman–Crippen LogP) is 2.56. The van der Waals surface area contributed by atoms with Gasteiger partial charge in [-0.25, -0.2) is 0 Å². The Morgan fingerprint density at radius 2 is 1.85 bits per heavy atom. The molecule has 2 saturated heterocycles. The zero-order chi connectivity index (χ0) is 27.5. The van der Waals surface area contributed by atoms with E-state index >= 15 is 0 Å². The standard InChI is InChI=1S/C30H40N6O4/c1-2-28(38)34-9-11-35(12-10-34)29-26-6-8-36(24-18-23(22-4-5-22)19-25(37)20-24)21-27(26)31-30(32-29)40-15-3-7-33-13-16-39-17-14-33/h2,18-20,22,37H,1,3-17,21H2. The first kappa shape index (κ1) is 26.8. The summed E-state index contributed by atoms with van der Waals surface area (Å²) in [5.41, 5.74) is 4.39. The number of hydrogen-bond donors (Lipinski definition) is 1. The summed E-state index contributed by atoms with van der Waals surface area (Å²) in [6.07, 6.45) is 5.48. The Hall–Kier alpha value is -3.37. The highest BCUT2D eigenvalue weighted by Gasteiger charge is 2.30. The van der Waals surface area contributed by atoms with E-state index < -0.39 is 0 Å². The number of fused-ring (bicyclic) bond motifs is 1. The molecule has 10 nitrogen and oxygen atoms in total. The molecule has 4 aliphatic rings. The van der Waals surface area contributed by atoms with Crippen LogP contribution in [0.4, 0.5) is 11.5 Å². The van der Waals surface area contributed by atoms with Crippen LogP contribution in [0.25, 0.3) is 0 Å². The summed E-state index contributed by atoms with van der Waals surface area (Å²) in [6, 6.07) is 6.40. The molecule has 1 aromatic carbocycles. The summed E-state index contributed by atoms with van der Waals surface area (Å²) < 4.78 is 11.6. The average Bonchev–Trinajstić information content (AvgIpc) is 3.84. The monoisotopic (exact) mass is 548 g/mol. The number of carbonyl (C=O) groups excluding carboxylic acids is 1. The van der Waals surface area contributed by atoms with Gasteiger partial charge >= 0.3 is 6.01 Å². The average molecular weight is 549 g/mol. The Kier molecular flexibility index (Phi) is 8.06. The van der Waals surface area contributed by atoms with Crippen molar-refractivity contribution in [1.29, 1.82) is 0 Å². The minimum Gasteiger partial charge on any atom is -0.508 e. The van der Waals surface area contributed by atoms with Crippen LogP contribution in [0.15, 0.2) is 30.9 Å². The molecule has 1 N–H and O–H groups in total. The second kappa shape index (κ2) is 12.0. The quantitative estimate of drug-likeness (QED) is 0.375. The van der Waals surface area contributed by atoms with E-state index in [0.29, 0.717) is 57.0 Å². The molecule has 0 radical (unpaired) electrons. The van der Waals surface area contributed by atoms with Gasteiger partial charge in [0.15, 0.2) is 0 Å². The van der Waals surface area contributed by atoms with Crippen molar-refractivity contribution in [1.82, 2.24) is 19.8 Å². The van der Waals surface area contributed by atoms with Crippen LogP contribution in [-0.2, 0) is 22.5 Å². The van der Waals surface area contributed by atoms with Crippen molar-refractivity contribution >= 4 is 17.4 Å². The van der Waals surface area contributed by atoms with Crippen LogP contribution in [0.5, 0.6) is 11.8 Å². The van der Waals surface area contributed by atoms with Crippen molar-refractivity contribution in [2.45, 2.75) is 38.1 Å². The minimum absolute atomic E-state index is 0.0269. The van der Waals surface area contributed by atoms with Gasteiger partial charge in [-0.3, -0.25) is 9.69 Å². The van der Waals surface area contributed by atoms with Gasteiger partial charge in [-0.2, -0.15) is 9.97 Å². The number of nitrogens with zero attached hydrogens (tertiary/aromatic N) is 6. The molecule has 1 amide bonds. The third kappa shape index (κ3) is 6.18. The van der Waals surface area contributed by atoms with Gasteiger partial charge < -0.3 is 29.3 Å². The van der Waals surface area contributed by atoms with Crippen molar-refractivity contribution in [3.05, 3.63) is 47.7 Å². The number of benzene rings is 1. The molecule has 40 heavy (non-hydrogen) atoms. The van der Waals surface area contributed by atoms with Crippen molar-refractivity contribution in [3.8, 4) is 11.8 Å². The molecule has 3 aliphatic heterocycles. The van der Waals surface area contributed by atoms with Gasteiger partial charge in [0.25, 0.3) is 0 Å². The number of phenols is 1. The van der Waals surface area contributed by atoms with Crippen LogP contribution >= 0.6 is 0 Å². The number of carbonyl (C=O) groups is 1. The molecule has 2 aromatic rings. The molecule has 1 saturated carbocycles. The largest absolute Gasteiger partial charge is 0.508 e. The maximum absolute atomic E-state index is 12.1. The van der Waals surface area contributed by atoms with Gasteiger partial charge in [-0.15, -0.1) is 0 Å². The van der Waals surface area contributed by atoms with Gasteiger partial charge in [0, 0.05) is 69.7 Å². The molecule has 214 valence electrons. The van der Waals surface area contributed by atoms with Gasteiger partial charge in [0.2, 0.25) is 5.91 Å². The first-order valence-electron chi connectivity index (χ1n) is 14.7. The second-order valence-electron chi connectivity index (χ2n) is 11.2. The summed E-state index contributed by atoms with van der Waals surface area (Å²) >= 11 is 0. The van der Waals surface area contributed by atoms with Crippen LogP contribution in [0.3, 0.4) is 0 Å². The summed E-state index contributed by atoms with van der Waals surface area (Å²) in [5, 5.41) is 10.4. The minimum atomic E-state index is -0.0269. The third-order valence-corrected chi connectivity index (χ3v) is 8.38. The number of ether oxygens (including phenoxy) is 2. The van der Waals surface area contributed by atoms with Crippen LogP contribution in [0.2, 0.25) is 0 Å². The molecule has 6 rings (SSSR count). The van der Waals surface area contributed by atoms with E-state index in [0.717, 1.165) is 75.0 Å². The lowest BCUT2D eigenvalue weighted by atomic mass is 10.0. The summed E-state index contributed by atoms with van der Waals surface area (Å²) in [7, 11) is 0. The molecule has 0 atom stereocenters. The van der Waals surface area contributed by atoms with Gasteiger partial charge in [-0.05, 0) is 55.4 Å². The molecule has 10 heteroatoms. The van der Waals surface area contributed by atoms with Crippen LogP contribution in [0, 0.1) is 0 Å². The van der Waals surface area contributed by atoms with Gasteiger partial charge in [-0.1, -0.05) is 6.58 Å². The van der Waals surface area contributed by atoms with E-state index in [9.17, 15) is 9.90 Å². The van der Waals surface area contributed by atoms with Crippen molar-refractivity contribution in [2.24, 2.45) is 0 Å². The lowest BCUT2D eigenvalue weighted by Gasteiger charge is -2.38. The van der Waals surface area contributed by atoms with E-state index in [-0.39, 0.29) is 5.91 Å². The van der Waals surface area contributed by atoms with Crippen LogP contribution in [-0.4, -0.2) is 103 Å². The highest BCUT2D eigenvalue weighted by molar-refractivity contribution is 5.87. The molecule has 0 bridgehead atoms. The van der Waals surface area contributed by atoms with E-state index in [4.69, 9.17) is 19.4 Å². The molecule has 0 spiro atoms. The number of rotatable bonds is 9. The van der Waals surface area contributed by atoms with Crippen molar-refractivity contribution in [3.63, 3.8) is 0 Å². The van der Waals surface area contributed by atoms with Crippen LogP contribution in [0.1, 0.15) is 42.0 Å². The lowest BCUT2D eigenvalue weighted by molar-refractivity contribution is -0.126. The van der Waals surface area contributed by atoms with E-state index in [1.54, 1.807) is 0 Å². The van der Waals surface area contributed by atoms with Crippen molar-refractivity contribution < 1.29 is 19.4 Å². The SMILES string of the molecule is C=CC(=O)N1CCN(c2nc(OCCCN3CCOCC3)nc3c2CCN(c2cc(O)cc(C4CC4)c2)C3)CC1. The number of amides is 1. The summed E-state index contributed by atoms with van der Waals surface area (Å²) in [4.78, 5) is 30.8. The van der Waals surface area contributed by atoms with Crippen molar-refractivity contribution in [2.75, 3.05) is 82.0 Å². The zero-order valence-corrected chi connectivity index (χ0v) is 23.3. The molecular formula is C30H40N6O4. The topological polar surface area (TPSA) is 94.5 Å². The zero-order valence-electron chi connectivity index (χ0n) is 23.3. The molecule has 4 heterocycles. The molecule has 1 aromatic heterocycles. The van der Waals surface area contributed by atoms with E-state index in [1.807, 2.05) is 17.0 Å². The lowest BCUT2D eigenvalue weighted by Crippen LogP contribution is -2.49. The fourth-order valence-corrected chi connectivity index (χ4v) is 5.93. The number of aromatic nitrogens is 2. The maximum Gasteiger partial charge on any atom is 0.318 e. The normalized spacial score (nSPS) is 19.9. The highest BCUT2D eigenvalue weighted by atomic mass is 16.5. The molecule has 1 aliphatic carbocycles. The molecule has 3 fully saturated rings. The number of piperazine rings is 1. The fourth-order valence-electron chi connectivity index (χ4n) is 5.93. The third-order valence-electron chi connectivity index (χ3n) is 8.38. The Bertz CT molecular complexity index is 1220. The molecule has 0 unspecified atom stereocenters. The summed E-state index contributed by atoms with van der Waals surface area (Å²) in [5.74, 6) is 1.79. The van der Waals surface area contributed by atoms with E-state index in [1.165, 1.54) is 24.5 Å². The summed E-state index contributed by atoms with van der Waals surface area (Å²) in [6.45, 7) is 12.8. The van der Waals surface area contributed by atoms with Crippen LogP contribution < -0.4 is 14.5 Å². The number of aromatic hydroxyl groups is 1. The number of phenolic OH excluding ortho intramolecular Hbond substituents is 1. The number of morpholine rings is 1. The Morgan fingerprint density at radius 3 is 2.60 bits per heavy atom. The maximum atomic E-state index is 12.1. The highest BCUT2D eigenvalue weighted by Crippen LogP contribution is 2.43. The predicted molar refractivity (Wildman–Crippen MR) is 153 cm³/mol. The Balaban J connectivity index is 1.20. The van der Waals surface area contributed by atoms with Gasteiger partial charge in [0.05, 0.1) is 32.1 Å². The number of anilines is 2. The Labute approximate surface area is 236 Å². The second-order valence-corrected chi connectivity index (χ2v) is 11.2. The van der Waals surface area contributed by atoms with E-state index in [2.05, 4.69) is 27.3 Å². The first-order chi connectivity index (χ1) is 19.6. The smallest absolute Gasteiger partial charge is 0.318 e. The Morgan fingerprint density at radius 1 is 1.05 bits per heavy atom.